The third kappa shape index (κ3) is 2.30. The van der Waals surface area contributed by atoms with Gasteiger partial charge in [0.2, 0.25) is 0 Å². The van der Waals surface area contributed by atoms with Gasteiger partial charge in [-0.2, -0.15) is 10.4 Å². The van der Waals surface area contributed by atoms with Crippen molar-refractivity contribution in [2.75, 3.05) is 0 Å². The lowest BCUT2D eigenvalue weighted by Crippen LogP contribution is -1.98. The minimum Gasteiger partial charge on any atom is -0.470 e. The monoisotopic (exact) mass is 217 g/mol. The van der Waals surface area contributed by atoms with Gasteiger partial charge in [-0.25, -0.2) is 0 Å². The fourth-order valence-electron chi connectivity index (χ4n) is 1.04. The van der Waals surface area contributed by atoms with Gasteiger partial charge in [0, 0.05) is 4.88 Å². The van der Waals surface area contributed by atoms with E-state index in [4.69, 9.17) is 10.00 Å². The zero-order valence-electron chi connectivity index (χ0n) is 7.75. The number of rotatable bonds is 3. The number of nitriles is 1. The van der Waals surface area contributed by atoms with E-state index in [1.165, 1.54) is 6.20 Å². The lowest BCUT2D eigenvalue weighted by molar-refractivity contribution is 0.292. The van der Waals surface area contributed by atoms with Crippen LogP contribution in [0.25, 0.3) is 0 Å². The summed E-state index contributed by atoms with van der Waals surface area (Å²) in [7, 11) is 0. The van der Waals surface area contributed by atoms with Gasteiger partial charge >= 0.3 is 0 Å². The Balaban J connectivity index is 2.08. The molecule has 2 aromatic rings. The maximum absolute atomic E-state index is 8.78. The number of nitrogens with zero attached hydrogens (tertiary/aromatic N) is 3. The van der Waals surface area contributed by atoms with E-state index in [1.807, 2.05) is 23.6 Å². The van der Waals surface area contributed by atoms with Gasteiger partial charge in [-0.3, -0.25) is 0 Å². The van der Waals surface area contributed by atoms with Crippen molar-refractivity contribution < 1.29 is 4.74 Å². The summed E-state index contributed by atoms with van der Waals surface area (Å²) < 4.78 is 5.39. The predicted octanol–water partition coefficient (Wildman–Crippen LogP) is 1.99. The molecule has 5 heteroatoms. The molecule has 0 aliphatic carbocycles. The van der Waals surface area contributed by atoms with Crippen LogP contribution in [-0.2, 0) is 6.61 Å². The fourth-order valence-corrected chi connectivity index (χ4v) is 1.66. The normalized spacial score (nSPS) is 9.53. The standard InChI is InChI=1S/C10H7N3OS/c11-6-8-3-4-12-13-10(8)14-7-9-2-1-5-15-9/h1-5H,7H2. The summed E-state index contributed by atoms with van der Waals surface area (Å²) in [4.78, 5) is 1.09. The van der Waals surface area contributed by atoms with Crippen molar-refractivity contribution in [3.05, 3.63) is 40.2 Å². The maximum Gasteiger partial charge on any atom is 0.251 e. The average molecular weight is 217 g/mol. The molecule has 74 valence electrons. The quantitative estimate of drug-likeness (QED) is 0.788. The van der Waals surface area contributed by atoms with E-state index in [-0.39, 0.29) is 5.88 Å². The molecule has 0 aromatic carbocycles. The van der Waals surface area contributed by atoms with Crippen LogP contribution in [0.5, 0.6) is 5.88 Å². The molecular weight excluding hydrogens is 210 g/mol. The zero-order chi connectivity index (χ0) is 10.5. The van der Waals surface area contributed by atoms with E-state index in [1.54, 1.807) is 17.4 Å². The first-order chi connectivity index (χ1) is 7.40. The molecule has 2 heterocycles. The van der Waals surface area contributed by atoms with Crippen LogP contribution < -0.4 is 4.74 Å². The molecule has 0 bridgehead atoms. The van der Waals surface area contributed by atoms with E-state index < -0.39 is 0 Å². The molecule has 0 spiro atoms. The zero-order valence-corrected chi connectivity index (χ0v) is 8.57. The van der Waals surface area contributed by atoms with Crippen molar-refractivity contribution >= 4 is 11.3 Å². The Morgan fingerprint density at radius 2 is 2.40 bits per heavy atom. The molecule has 0 atom stereocenters. The van der Waals surface area contributed by atoms with E-state index in [0.29, 0.717) is 12.2 Å². The van der Waals surface area contributed by atoms with E-state index >= 15 is 0 Å². The van der Waals surface area contributed by atoms with Gasteiger partial charge in [0.1, 0.15) is 18.2 Å². The average Bonchev–Trinajstić information content (AvgIpc) is 2.79. The molecule has 4 nitrogen and oxygen atoms in total. The Labute approximate surface area is 90.8 Å². The highest BCUT2D eigenvalue weighted by Crippen LogP contribution is 2.15. The molecule has 0 N–H and O–H groups in total. The largest absolute Gasteiger partial charge is 0.470 e. The SMILES string of the molecule is N#Cc1ccnnc1OCc1cccs1. The molecule has 0 aliphatic rings. The molecule has 0 unspecified atom stereocenters. The first kappa shape index (κ1) is 9.62. The number of aromatic nitrogens is 2. The summed E-state index contributed by atoms with van der Waals surface area (Å²) in [6, 6.07) is 7.50. The Morgan fingerprint density at radius 3 is 3.13 bits per heavy atom. The Morgan fingerprint density at radius 1 is 1.47 bits per heavy atom. The van der Waals surface area contributed by atoms with Crippen molar-refractivity contribution in [1.82, 2.24) is 10.2 Å². The Kier molecular flexibility index (Phi) is 2.90. The van der Waals surface area contributed by atoms with Gasteiger partial charge in [-0.15, -0.1) is 16.4 Å². The van der Waals surface area contributed by atoms with Gasteiger partial charge in [-0.05, 0) is 17.5 Å². The maximum atomic E-state index is 8.78. The summed E-state index contributed by atoms with van der Waals surface area (Å²) >= 11 is 1.60. The summed E-state index contributed by atoms with van der Waals surface area (Å²) in [5.74, 6) is 0.286. The summed E-state index contributed by atoms with van der Waals surface area (Å²) in [5, 5.41) is 18.2. The Bertz CT molecular complexity index is 476. The highest BCUT2D eigenvalue weighted by molar-refractivity contribution is 7.09. The van der Waals surface area contributed by atoms with Crippen LogP contribution >= 0.6 is 11.3 Å². The van der Waals surface area contributed by atoms with Crippen molar-refractivity contribution in [2.45, 2.75) is 6.61 Å². The third-order valence-electron chi connectivity index (χ3n) is 1.74. The third-order valence-corrected chi connectivity index (χ3v) is 2.59. The number of thiophene rings is 1. The van der Waals surface area contributed by atoms with Crippen LogP contribution in [0.2, 0.25) is 0 Å². The van der Waals surface area contributed by atoms with Gasteiger partial charge in [0.15, 0.2) is 0 Å². The minimum absolute atomic E-state index is 0.286. The van der Waals surface area contributed by atoms with Crippen LogP contribution in [0.3, 0.4) is 0 Å². The molecule has 0 radical (unpaired) electrons. The molecule has 15 heavy (non-hydrogen) atoms. The van der Waals surface area contributed by atoms with E-state index in [9.17, 15) is 0 Å². The van der Waals surface area contributed by atoms with Crippen LogP contribution in [0.1, 0.15) is 10.4 Å². The molecule has 0 aliphatic heterocycles. The molecule has 0 fully saturated rings. The fraction of sp³-hybridized carbons (Fsp3) is 0.100. The smallest absolute Gasteiger partial charge is 0.251 e. The summed E-state index contributed by atoms with van der Waals surface area (Å²) in [6.45, 7) is 0.422. The van der Waals surface area contributed by atoms with E-state index in [2.05, 4.69) is 10.2 Å². The van der Waals surface area contributed by atoms with Crippen molar-refractivity contribution in [1.29, 1.82) is 5.26 Å². The second-order valence-corrected chi connectivity index (χ2v) is 3.76. The van der Waals surface area contributed by atoms with Gasteiger partial charge in [0.05, 0.1) is 6.20 Å². The predicted molar refractivity (Wildman–Crippen MR) is 55.4 cm³/mol. The van der Waals surface area contributed by atoms with Gasteiger partial charge in [0.25, 0.3) is 5.88 Å². The van der Waals surface area contributed by atoms with Crippen LogP contribution in [-0.4, -0.2) is 10.2 Å². The van der Waals surface area contributed by atoms with Crippen molar-refractivity contribution in [2.24, 2.45) is 0 Å². The molecule has 0 saturated carbocycles. The van der Waals surface area contributed by atoms with Crippen LogP contribution in [0.4, 0.5) is 0 Å². The molecule has 2 aromatic heterocycles. The molecule has 2 rings (SSSR count). The topological polar surface area (TPSA) is 58.8 Å². The van der Waals surface area contributed by atoms with Gasteiger partial charge < -0.3 is 4.74 Å². The first-order valence-corrected chi connectivity index (χ1v) is 5.15. The number of ether oxygens (including phenoxy) is 1. The summed E-state index contributed by atoms with van der Waals surface area (Å²) in [5.41, 5.74) is 0.404. The summed E-state index contributed by atoms with van der Waals surface area (Å²) in [6.07, 6.45) is 1.47. The minimum atomic E-state index is 0.286. The second-order valence-electron chi connectivity index (χ2n) is 2.73. The van der Waals surface area contributed by atoms with Gasteiger partial charge in [-0.1, -0.05) is 6.07 Å². The van der Waals surface area contributed by atoms with Crippen LogP contribution in [0, 0.1) is 11.3 Å². The second kappa shape index (κ2) is 4.53. The van der Waals surface area contributed by atoms with Crippen molar-refractivity contribution in [3.8, 4) is 11.9 Å². The highest BCUT2D eigenvalue weighted by atomic mass is 32.1. The Hall–Kier alpha value is -1.93. The number of hydrogen-bond donors (Lipinski definition) is 0. The van der Waals surface area contributed by atoms with Crippen LogP contribution in [0.15, 0.2) is 29.8 Å². The lowest BCUT2D eigenvalue weighted by Gasteiger charge is -2.03. The molecule has 0 saturated heterocycles. The molecular formula is C10H7N3OS. The molecule has 0 amide bonds. The lowest BCUT2D eigenvalue weighted by atomic mass is 10.3. The first-order valence-electron chi connectivity index (χ1n) is 4.27. The number of hydrogen-bond acceptors (Lipinski definition) is 5. The van der Waals surface area contributed by atoms with Crippen molar-refractivity contribution in [3.63, 3.8) is 0 Å². The highest BCUT2D eigenvalue weighted by Gasteiger charge is 2.04. The van der Waals surface area contributed by atoms with E-state index in [0.717, 1.165) is 4.88 Å².